The molecule has 1 aliphatic rings. The molecule has 1 aliphatic heterocycles. The zero-order chi connectivity index (χ0) is 25.9. The number of fused-ring (bicyclic) bond motifs is 1. The molecule has 0 fully saturated rings. The van der Waals surface area contributed by atoms with Gasteiger partial charge in [-0.05, 0) is 66.6 Å². The number of amidine groups is 1. The zero-order valence-corrected chi connectivity index (χ0v) is 19.7. The van der Waals surface area contributed by atoms with E-state index >= 15 is 0 Å². The van der Waals surface area contributed by atoms with Crippen molar-refractivity contribution in [3.63, 3.8) is 0 Å². The Labute approximate surface area is 206 Å². The first-order valence-electron chi connectivity index (χ1n) is 11.0. The number of hydrazone groups is 1. The Bertz CT molecular complexity index is 1360. The molecule has 0 saturated heterocycles. The lowest BCUT2D eigenvalue weighted by atomic mass is 10.1. The molecule has 0 saturated carbocycles. The monoisotopic (exact) mass is 490 g/mol. The molecule has 0 unspecified atom stereocenters. The Hall–Kier alpha value is -4.60. The van der Waals surface area contributed by atoms with Crippen LogP contribution in [0.1, 0.15) is 34.0 Å². The third-order valence-corrected chi connectivity index (χ3v) is 5.55. The predicted molar refractivity (Wildman–Crippen MR) is 138 cm³/mol. The second-order valence-electron chi connectivity index (χ2n) is 8.38. The minimum atomic E-state index is -2.95. The van der Waals surface area contributed by atoms with Gasteiger partial charge in [0.15, 0.2) is 0 Å². The number of carbonyl (C=O) groups excluding carboxylic acids is 2. The summed E-state index contributed by atoms with van der Waals surface area (Å²) >= 11 is 0. The summed E-state index contributed by atoms with van der Waals surface area (Å²) in [6.45, 7) is 6.10. The normalized spacial score (nSPS) is 12.3. The van der Waals surface area contributed by atoms with Crippen LogP contribution in [0.3, 0.4) is 0 Å². The number of amides is 3. The number of carbonyl (C=O) groups is 2. The van der Waals surface area contributed by atoms with E-state index < -0.39 is 12.0 Å². The van der Waals surface area contributed by atoms with E-state index in [1.165, 1.54) is 24.3 Å². The average molecular weight is 491 g/mol. The minimum Gasteiger partial charge on any atom is -0.322 e. The summed E-state index contributed by atoms with van der Waals surface area (Å²) in [6, 6.07) is 15.3. The lowest BCUT2D eigenvalue weighted by Crippen LogP contribution is -2.34. The number of aliphatic imine (C=N–C) groups is 1. The molecule has 36 heavy (non-hydrogen) atoms. The molecule has 10 heteroatoms. The van der Waals surface area contributed by atoms with Gasteiger partial charge in [-0.2, -0.15) is 5.10 Å². The molecule has 4 N–H and O–H groups in total. The summed E-state index contributed by atoms with van der Waals surface area (Å²) in [4.78, 5) is 29.5. The van der Waals surface area contributed by atoms with Crippen LogP contribution in [-0.2, 0) is 12.3 Å². The van der Waals surface area contributed by atoms with Crippen molar-refractivity contribution in [2.75, 3.05) is 16.1 Å². The Balaban J connectivity index is 1.35. The van der Waals surface area contributed by atoms with Crippen molar-refractivity contribution in [1.29, 1.82) is 0 Å². The average Bonchev–Trinajstić information content (AvgIpc) is 3.22. The number of anilines is 3. The first kappa shape index (κ1) is 24.5. The molecule has 1 heterocycles. The molecule has 8 nitrogen and oxygen atoms in total. The number of hydrogen-bond donors (Lipinski definition) is 4. The first-order valence-corrected chi connectivity index (χ1v) is 11.0. The standard InChI is InChI=1S/C26H24F2N6O2/c1-15-12-20(9-11-21(15)34-29-3)30-24(35)16-4-10-22-17(13-16)14-23(32-22)33-25(36)31-19-7-5-18(6-8-19)26(2,27)28/h4-13,34H,3,14H2,1-2H3,(H,30,35)(H2,31,32,33,36). The fourth-order valence-electron chi connectivity index (χ4n) is 3.71. The highest BCUT2D eigenvalue weighted by Gasteiger charge is 2.24. The van der Waals surface area contributed by atoms with Gasteiger partial charge in [0.25, 0.3) is 11.8 Å². The maximum Gasteiger partial charge on any atom is 0.324 e. The summed E-state index contributed by atoms with van der Waals surface area (Å²) in [5, 5.41) is 11.8. The third kappa shape index (κ3) is 5.72. The predicted octanol–water partition coefficient (Wildman–Crippen LogP) is 5.79. The highest BCUT2D eigenvalue weighted by Crippen LogP contribution is 2.29. The van der Waals surface area contributed by atoms with Gasteiger partial charge < -0.3 is 10.6 Å². The maximum atomic E-state index is 13.3. The van der Waals surface area contributed by atoms with Gasteiger partial charge in [0.1, 0.15) is 5.84 Å². The van der Waals surface area contributed by atoms with Gasteiger partial charge in [-0.15, -0.1) is 0 Å². The lowest BCUT2D eigenvalue weighted by Gasteiger charge is -2.12. The number of rotatable bonds is 6. The Kier molecular flexibility index (Phi) is 6.77. The molecular formula is C26H24F2N6O2. The van der Waals surface area contributed by atoms with E-state index in [2.05, 4.69) is 38.2 Å². The van der Waals surface area contributed by atoms with Crippen molar-refractivity contribution < 1.29 is 18.4 Å². The van der Waals surface area contributed by atoms with Gasteiger partial charge in [0.2, 0.25) is 0 Å². The van der Waals surface area contributed by atoms with E-state index in [9.17, 15) is 18.4 Å². The second-order valence-corrected chi connectivity index (χ2v) is 8.38. The van der Waals surface area contributed by atoms with Gasteiger partial charge >= 0.3 is 6.03 Å². The first-order chi connectivity index (χ1) is 17.1. The van der Waals surface area contributed by atoms with Crippen LogP contribution in [0.25, 0.3) is 0 Å². The third-order valence-electron chi connectivity index (χ3n) is 5.55. The van der Waals surface area contributed by atoms with Crippen molar-refractivity contribution in [2.24, 2.45) is 10.1 Å². The molecule has 0 bridgehead atoms. The highest BCUT2D eigenvalue weighted by molar-refractivity contribution is 6.08. The van der Waals surface area contributed by atoms with Crippen molar-refractivity contribution in [3.05, 3.63) is 82.9 Å². The van der Waals surface area contributed by atoms with Crippen LogP contribution in [-0.4, -0.2) is 24.5 Å². The number of urea groups is 1. The van der Waals surface area contributed by atoms with E-state index in [4.69, 9.17) is 0 Å². The zero-order valence-electron chi connectivity index (χ0n) is 19.7. The number of alkyl halides is 2. The summed E-state index contributed by atoms with van der Waals surface area (Å²) in [7, 11) is 0. The van der Waals surface area contributed by atoms with Gasteiger partial charge in [0.05, 0.1) is 11.4 Å². The summed E-state index contributed by atoms with van der Waals surface area (Å²) in [6.07, 6.45) is 0.332. The molecule has 0 aliphatic carbocycles. The van der Waals surface area contributed by atoms with Crippen LogP contribution < -0.4 is 21.4 Å². The van der Waals surface area contributed by atoms with Crippen LogP contribution in [0, 0.1) is 6.92 Å². The molecular weight excluding hydrogens is 466 g/mol. The van der Waals surface area contributed by atoms with E-state index in [0.717, 1.165) is 23.7 Å². The van der Waals surface area contributed by atoms with Gasteiger partial charge in [-0.1, -0.05) is 12.1 Å². The summed E-state index contributed by atoms with van der Waals surface area (Å²) < 4.78 is 26.7. The number of halogens is 2. The molecule has 4 rings (SSSR count). The van der Waals surface area contributed by atoms with Crippen molar-refractivity contribution in [2.45, 2.75) is 26.2 Å². The lowest BCUT2D eigenvalue weighted by molar-refractivity contribution is 0.0175. The number of hydrogen-bond acceptors (Lipinski definition) is 5. The van der Waals surface area contributed by atoms with E-state index in [1.807, 2.05) is 13.0 Å². The van der Waals surface area contributed by atoms with Crippen LogP contribution in [0.4, 0.5) is 36.3 Å². The fourth-order valence-corrected chi connectivity index (χ4v) is 3.71. The Morgan fingerprint density at radius 1 is 0.972 bits per heavy atom. The molecule has 0 spiro atoms. The number of nitrogens with one attached hydrogen (secondary N) is 4. The van der Waals surface area contributed by atoms with Gasteiger partial charge in [-0.3, -0.25) is 15.5 Å². The van der Waals surface area contributed by atoms with Crippen LogP contribution in [0.2, 0.25) is 0 Å². The molecule has 0 atom stereocenters. The molecule has 3 aromatic rings. The van der Waals surface area contributed by atoms with Crippen LogP contribution in [0.15, 0.2) is 70.8 Å². The molecule has 184 valence electrons. The Morgan fingerprint density at radius 3 is 2.36 bits per heavy atom. The van der Waals surface area contributed by atoms with Gasteiger partial charge in [-0.25, -0.2) is 18.6 Å². The molecule has 3 amide bonds. The molecule has 3 aromatic carbocycles. The number of nitrogens with zero attached hydrogens (tertiary/aromatic N) is 2. The maximum absolute atomic E-state index is 13.3. The summed E-state index contributed by atoms with van der Waals surface area (Å²) in [5.41, 5.74) is 7.24. The van der Waals surface area contributed by atoms with Crippen molar-refractivity contribution >= 4 is 47.2 Å². The summed E-state index contributed by atoms with van der Waals surface area (Å²) in [5.74, 6) is -2.82. The SMILES string of the molecule is C=NNc1ccc(NC(=O)c2ccc3c(c2)CC(NC(=O)Nc2ccc(C(C)(F)F)cc2)=N3)cc1C. The largest absolute Gasteiger partial charge is 0.324 e. The van der Waals surface area contributed by atoms with E-state index in [0.29, 0.717) is 34.9 Å². The van der Waals surface area contributed by atoms with Crippen molar-refractivity contribution in [1.82, 2.24) is 5.32 Å². The van der Waals surface area contributed by atoms with Gasteiger partial charge in [0, 0.05) is 42.6 Å². The molecule has 0 aromatic heterocycles. The second kappa shape index (κ2) is 9.95. The minimum absolute atomic E-state index is 0.141. The van der Waals surface area contributed by atoms with Crippen LogP contribution >= 0.6 is 0 Å². The van der Waals surface area contributed by atoms with E-state index in [-0.39, 0.29) is 11.5 Å². The Morgan fingerprint density at radius 2 is 1.69 bits per heavy atom. The fraction of sp³-hybridized carbons (Fsp3) is 0.154. The quantitative estimate of drug-likeness (QED) is 0.259. The smallest absolute Gasteiger partial charge is 0.322 e. The highest BCUT2D eigenvalue weighted by atomic mass is 19.3. The number of aryl methyl sites for hydroxylation is 1. The van der Waals surface area contributed by atoms with E-state index in [1.54, 1.807) is 30.3 Å². The van der Waals surface area contributed by atoms with Crippen molar-refractivity contribution in [3.8, 4) is 0 Å². The number of benzene rings is 3. The van der Waals surface area contributed by atoms with Crippen LogP contribution in [0.5, 0.6) is 0 Å². The topological polar surface area (TPSA) is 107 Å². The molecule has 0 radical (unpaired) electrons.